The molecule has 1 atom stereocenters. The molecule has 1 amide bonds. The number of hydrogen-bond donors (Lipinski definition) is 1. The molecule has 2 aromatic carbocycles. The van der Waals surface area contributed by atoms with Crippen LogP contribution in [0.2, 0.25) is 5.02 Å². The average molecular weight is 501 g/mol. The maximum atomic E-state index is 13.4. The number of nitrogens with zero attached hydrogens (tertiary/aromatic N) is 3. The predicted octanol–water partition coefficient (Wildman–Crippen LogP) is 4.81. The summed E-state index contributed by atoms with van der Waals surface area (Å²) in [7, 11) is -3.78. The minimum Gasteiger partial charge on any atom is -0.322 e. The van der Waals surface area contributed by atoms with Gasteiger partial charge in [0.05, 0.1) is 26.4 Å². The van der Waals surface area contributed by atoms with Crippen molar-refractivity contribution >= 4 is 38.9 Å². The number of nitro groups is 1. The number of carbonyl (C=O) groups excluding carboxylic acids is 1. The highest BCUT2D eigenvalue weighted by Gasteiger charge is 2.34. The van der Waals surface area contributed by atoms with E-state index in [0.29, 0.717) is 18.7 Å². The Morgan fingerprint density at radius 1 is 1.15 bits per heavy atom. The molecule has 0 saturated carbocycles. The fraction of sp³-hybridized carbons (Fsp3) is 0.217. The molecule has 1 saturated heterocycles. The van der Waals surface area contributed by atoms with Crippen LogP contribution in [0.4, 0.5) is 11.4 Å². The number of aromatic nitrogens is 1. The van der Waals surface area contributed by atoms with Crippen LogP contribution in [0.1, 0.15) is 41.2 Å². The summed E-state index contributed by atoms with van der Waals surface area (Å²) in [6.07, 6.45) is 5.75. The summed E-state index contributed by atoms with van der Waals surface area (Å²) in [6, 6.07) is 12.7. The highest BCUT2D eigenvalue weighted by molar-refractivity contribution is 7.89. The lowest BCUT2D eigenvalue weighted by molar-refractivity contribution is -0.384. The number of benzene rings is 2. The van der Waals surface area contributed by atoms with Gasteiger partial charge < -0.3 is 5.32 Å². The van der Waals surface area contributed by atoms with E-state index in [4.69, 9.17) is 11.6 Å². The van der Waals surface area contributed by atoms with E-state index >= 15 is 0 Å². The van der Waals surface area contributed by atoms with Crippen molar-refractivity contribution < 1.29 is 18.1 Å². The fourth-order valence-corrected chi connectivity index (χ4v) is 5.83. The number of halogens is 1. The molecular weight excluding hydrogens is 480 g/mol. The molecule has 0 aliphatic carbocycles. The van der Waals surface area contributed by atoms with Gasteiger partial charge in [0.2, 0.25) is 10.0 Å². The summed E-state index contributed by atoms with van der Waals surface area (Å²) < 4.78 is 28.3. The number of amides is 1. The third-order valence-electron chi connectivity index (χ3n) is 5.65. The van der Waals surface area contributed by atoms with E-state index in [1.54, 1.807) is 18.5 Å². The zero-order valence-corrected chi connectivity index (χ0v) is 19.5. The molecular formula is C23H21ClN4O5S. The lowest BCUT2D eigenvalue weighted by Crippen LogP contribution is -2.38. The van der Waals surface area contributed by atoms with Crippen LogP contribution >= 0.6 is 11.6 Å². The van der Waals surface area contributed by atoms with Gasteiger partial charge in [0.1, 0.15) is 0 Å². The number of anilines is 1. The van der Waals surface area contributed by atoms with Crippen molar-refractivity contribution in [3.8, 4) is 0 Å². The third kappa shape index (κ3) is 4.93. The summed E-state index contributed by atoms with van der Waals surface area (Å²) in [6.45, 7) is 0.408. The van der Waals surface area contributed by atoms with Crippen LogP contribution in [-0.4, -0.2) is 35.1 Å². The van der Waals surface area contributed by atoms with Crippen molar-refractivity contribution in [2.45, 2.75) is 30.2 Å². The summed E-state index contributed by atoms with van der Waals surface area (Å²) in [5.41, 5.74) is 0.860. The van der Waals surface area contributed by atoms with Gasteiger partial charge in [0.25, 0.3) is 11.6 Å². The second kappa shape index (κ2) is 9.88. The largest absolute Gasteiger partial charge is 0.322 e. The Bertz CT molecular complexity index is 1320. The molecule has 34 heavy (non-hydrogen) atoms. The molecule has 1 fully saturated rings. The first kappa shape index (κ1) is 23.8. The maximum absolute atomic E-state index is 13.4. The Morgan fingerprint density at radius 3 is 2.59 bits per heavy atom. The molecule has 0 unspecified atom stereocenters. The number of pyridine rings is 1. The quantitative estimate of drug-likeness (QED) is 0.382. The van der Waals surface area contributed by atoms with E-state index in [-0.39, 0.29) is 27.2 Å². The number of non-ortho nitro benzene ring substituents is 1. The maximum Gasteiger partial charge on any atom is 0.270 e. The first-order valence-corrected chi connectivity index (χ1v) is 12.4. The van der Waals surface area contributed by atoms with Crippen LogP contribution in [-0.2, 0) is 10.0 Å². The minimum atomic E-state index is -3.78. The van der Waals surface area contributed by atoms with Gasteiger partial charge in [-0.2, -0.15) is 4.31 Å². The van der Waals surface area contributed by atoms with Gasteiger partial charge >= 0.3 is 0 Å². The lowest BCUT2D eigenvalue weighted by atomic mass is 9.99. The number of nitrogens with one attached hydrogen (secondary N) is 1. The van der Waals surface area contributed by atoms with Gasteiger partial charge in [-0.25, -0.2) is 8.42 Å². The highest BCUT2D eigenvalue weighted by atomic mass is 35.5. The molecule has 1 aliphatic rings. The molecule has 2 heterocycles. The van der Waals surface area contributed by atoms with E-state index < -0.39 is 20.9 Å². The molecule has 9 nitrogen and oxygen atoms in total. The Labute approximate surface area is 201 Å². The summed E-state index contributed by atoms with van der Waals surface area (Å²) in [5.74, 6) is -0.642. The summed E-state index contributed by atoms with van der Waals surface area (Å²) in [4.78, 5) is 27.2. The smallest absolute Gasteiger partial charge is 0.270 e. The topological polar surface area (TPSA) is 123 Å². The number of nitro benzene ring substituents is 1. The van der Waals surface area contributed by atoms with Gasteiger partial charge in [0, 0.05) is 36.8 Å². The van der Waals surface area contributed by atoms with Crippen LogP contribution in [0.3, 0.4) is 0 Å². The number of piperidine rings is 1. The van der Waals surface area contributed by atoms with E-state index in [0.717, 1.165) is 24.5 Å². The molecule has 11 heteroatoms. The molecule has 3 aromatic rings. The molecule has 176 valence electrons. The van der Waals surface area contributed by atoms with Gasteiger partial charge in [-0.3, -0.25) is 19.9 Å². The van der Waals surface area contributed by atoms with Crippen LogP contribution in [0, 0.1) is 10.1 Å². The normalized spacial score (nSPS) is 16.7. The monoisotopic (exact) mass is 500 g/mol. The standard InChI is InChI=1S/C23H21ClN4O5S/c24-21-11-8-18(28(30)31)14-20(21)23(29)26-17-6-9-19(10-7-17)34(32,33)27-13-2-1-5-22(27)16-4-3-12-25-15-16/h3-4,6-12,14-15,22H,1-2,5,13H2,(H,26,29)/t22-/m1/s1. The lowest BCUT2D eigenvalue weighted by Gasteiger charge is -2.34. The first-order valence-electron chi connectivity index (χ1n) is 10.5. The molecule has 0 spiro atoms. The zero-order valence-electron chi connectivity index (χ0n) is 17.9. The zero-order chi connectivity index (χ0) is 24.3. The number of rotatable bonds is 6. The van der Waals surface area contributed by atoms with E-state index in [2.05, 4.69) is 10.3 Å². The molecule has 1 aromatic heterocycles. The van der Waals surface area contributed by atoms with Gasteiger partial charge in [0.15, 0.2) is 0 Å². The van der Waals surface area contributed by atoms with E-state index in [9.17, 15) is 23.3 Å². The first-order chi connectivity index (χ1) is 16.3. The molecule has 4 rings (SSSR count). The number of hydrogen-bond acceptors (Lipinski definition) is 6. The Kier molecular flexibility index (Phi) is 6.92. The number of sulfonamides is 1. The van der Waals surface area contributed by atoms with E-state index in [1.165, 1.54) is 40.7 Å². The Hall–Kier alpha value is -3.34. The van der Waals surface area contributed by atoms with Crippen molar-refractivity contribution in [1.82, 2.24) is 9.29 Å². The van der Waals surface area contributed by atoms with Crippen molar-refractivity contribution in [2.75, 3.05) is 11.9 Å². The van der Waals surface area contributed by atoms with Crippen molar-refractivity contribution in [1.29, 1.82) is 0 Å². The van der Waals surface area contributed by atoms with Crippen LogP contribution in [0.15, 0.2) is 71.9 Å². The van der Waals surface area contributed by atoms with Crippen LogP contribution in [0.25, 0.3) is 0 Å². The average Bonchev–Trinajstić information content (AvgIpc) is 2.85. The molecule has 1 aliphatic heterocycles. The van der Waals surface area contributed by atoms with Crippen molar-refractivity contribution in [3.63, 3.8) is 0 Å². The van der Waals surface area contributed by atoms with Crippen LogP contribution in [0.5, 0.6) is 0 Å². The molecule has 1 N–H and O–H groups in total. The van der Waals surface area contributed by atoms with Crippen LogP contribution < -0.4 is 5.32 Å². The van der Waals surface area contributed by atoms with Crippen molar-refractivity contribution in [3.05, 3.63) is 93.3 Å². The highest BCUT2D eigenvalue weighted by Crippen LogP contribution is 2.35. The minimum absolute atomic E-state index is 0.0554. The molecule has 0 bridgehead atoms. The SMILES string of the molecule is O=C(Nc1ccc(S(=O)(=O)N2CCCC[C@@H]2c2cccnc2)cc1)c1cc([N+](=O)[O-])ccc1Cl. The Balaban J connectivity index is 1.54. The summed E-state index contributed by atoms with van der Waals surface area (Å²) in [5, 5.41) is 13.6. The van der Waals surface area contributed by atoms with E-state index in [1.807, 2.05) is 6.07 Å². The summed E-state index contributed by atoms with van der Waals surface area (Å²) >= 11 is 6.02. The second-order valence-electron chi connectivity index (χ2n) is 7.81. The number of carbonyl (C=O) groups is 1. The van der Waals surface area contributed by atoms with Crippen molar-refractivity contribution in [2.24, 2.45) is 0 Å². The molecule has 0 radical (unpaired) electrons. The predicted molar refractivity (Wildman–Crippen MR) is 127 cm³/mol. The fourth-order valence-electron chi connectivity index (χ4n) is 3.94. The Morgan fingerprint density at radius 2 is 1.91 bits per heavy atom. The second-order valence-corrected chi connectivity index (χ2v) is 10.1. The van der Waals surface area contributed by atoms with Gasteiger partial charge in [-0.05, 0) is 54.8 Å². The third-order valence-corrected chi connectivity index (χ3v) is 7.90. The van der Waals surface area contributed by atoms with Gasteiger partial charge in [-0.1, -0.05) is 24.1 Å². The van der Waals surface area contributed by atoms with Gasteiger partial charge in [-0.15, -0.1) is 0 Å².